The Bertz CT molecular complexity index is 1080. The van der Waals surface area contributed by atoms with E-state index in [1.165, 1.54) is 24.3 Å². The van der Waals surface area contributed by atoms with Gasteiger partial charge in [-0.25, -0.2) is 0 Å². The van der Waals surface area contributed by atoms with Gasteiger partial charge in [0.05, 0.1) is 0 Å². The molecule has 0 atom stereocenters. The quantitative estimate of drug-likeness (QED) is 0.189. The molecule has 0 spiro atoms. The molecule has 0 aliphatic rings. The van der Waals surface area contributed by atoms with Crippen molar-refractivity contribution in [2.24, 2.45) is 0 Å². The van der Waals surface area contributed by atoms with Gasteiger partial charge in [-0.1, -0.05) is 50.3 Å². The molecule has 2 N–H and O–H groups in total. The molecule has 1 heterocycles. The van der Waals surface area contributed by atoms with Crippen molar-refractivity contribution in [2.45, 2.75) is 33.3 Å². The summed E-state index contributed by atoms with van der Waals surface area (Å²) in [5.74, 6) is -0.0787. The van der Waals surface area contributed by atoms with Crippen molar-refractivity contribution < 1.29 is 23.2 Å². The number of anilines is 1. The molecule has 166 valence electrons. The van der Waals surface area contributed by atoms with E-state index in [0.29, 0.717) is 16.2 Å². The summed E-state index contributed by atoms with van der Waals surface area (Å²) in [6.45, 7) is 1.24. The third kappa shape index (κ3) is 5.48. The highest BCUT2D eigenvalue weighted by Gasteiger charge is 2.25. The Morgan fingerprint density at radius 3 is 2.09 bits per heavy atom. The number of hydrogen-bond acceptors (Lipinski definition) is 3. The Hall–Kier alpha value is -3.32. The number of halogens is 2. The lowest BCUT2D eigenvalue weighted by Crippen LogP contribution is -2.38. The van der Waals surface area contributed by atoms with Crippen molar-refractivity contribution in [2.75, 3.05) is 5.32 Å². The van der Waals surface area contributed by atoms with Crippen molar-refractivity contribution in [1.29, 1.82) is 0 Å². The van der Waals surface area contributed by atoms with Crippen LogP contribution in [0.1, 0.15) is 30.5 Å². The number of aryl methyl sites for hydroxylation is 2. The Kier molecular flexibility index (Phi) is 7.89. The molecule has 0 saturated heterocycles. The van der Waals surface area contributed by atoms with Crippen LogP contribution in [0.3, 0.4) is 0 Å². The molecule has 0 fully saturated rings. The number of pyridine rings is 1. The largest absolute Gasteiger partial charge is 0.502 e. The summed E-state index contributed by atoms with van der Waals surface area (Å²) in [6.07, 6.45) is 5.21. The number of para-hydroxylation sites is 1. The summed E-state index contributed by atoms with van der Waals surface area (Å²) in [4.78, 5) is 0.335. The second-order valence-corrected chi connectivity index (χ2v) is 7.40. The van der Waals surface area contributed by atoms with Gasteiger partial charge in [0.2, 0.25) is 0 Å². The Morgan fingerprint density at radius 2 is 1.56 bits per heavy atom. The van der Waals surface area contributed by atoms with E-state index in [4.69, 9.17) is 12.2 Å². The van der Waals surface area contributed by atoms with E-state index in [1.54, 1.807) is 17.0 Å². The predicted octanol–water partition coefficient (Wildman–Crippen LogP) is 6.02. The Morgan fingerprint density at radius 1 is 0.969 bits per heavy atom. The summed E-state index contributed by atoms with van der Waals surface area (Å²) < 4.78 is 31.0. The van der Waals surface area contributed by atoms with Crippen LogP contribution in [-0.2, 0) is 12.8 Å². The van der Waals surface area contributed by atoms with E-state index in [2.05, 4.69) is 23.9 Å². The molecule has 3 rings (SSSR count). The van der Waals surface area contributed by atoms with Gasteiger partial charge in [0.25, 0.3) is 5.70 Å². The molecular formula is C25H25F2N2O2S+. The second kappa shape index (κ2) is 10.8. The standard InChI is InChI=1S/C25H24F2N2O2S/c1-3-17-9-8-10-18(4-2)21(17)28-24(32)22(29-15-6-5-7-16-29)23(30)19-11-13-20(14-12-19)31-25(26)27/h5-16,25H,3-4H2,1-2H3,(H-,28,30,32)/p+1. The van der Waals surface area contributed by atoms with Crippen LogP contribution in [0, 0.1) is 0 Å². The van der Waals surface area contributed by atoms with Gasteiger partial charge in [-0.3, -0.25) is 0 Å². The average molecular weight is 456 g/mol. The first-order valence-corrected chi connectivity index (χ1v) is 10.7. The zero-order valence-corrected chi connectivity index (χ0v) is 18.7. The lowest BCUT2D eigenvalue weighted by Gasteiger charge is -2.16. The first-order chi connectivity index (χ1) is 15.4. The van der Waals surface area contributed by atoms with Gasteiger partial charge >= 0.3 is 6.61 Å². The van der Waals surface area contributed by atoms with Crippen LogP contribution in [0.15, 0.2) is 73.1 Å². The maximum Gasteiger partial charge on any atom is 0.387 e. The predicted molar refractivity (Wildman–Crippen MR) is 127 cm³/mol. The van der Waals surface area contributed by atoms with Gasteiger partial charge < -0.3 is 15.2 Å². The molecule has 0 unspecified atom stereocenters. The van der Waals surface area contributed by atoms with Crippen LogP contribution < -0.4 is 14.6 Å². The first-order valence-electron chi connectivity index (χ1n) is 10.3. The minimum absolute atomic E-state index is 0.00984. The summed E-state index contributed by atoms with van der Waals surface area (Å²) in [5, 5.41) is 14.5. The molecule has 0 radical (unpaired) electrons. The molecule has 0 aliphatic carbocycles. The maximum absolute atomic E-state index is 12.5. The van der Waals surface area contributed by atoms with Crippen LogP contribution in [0.5, 0.6) is 5.75 Å². The topological polar surface area (TPSA) is 45.4 Å². The number of benzene rings is 2. The van der Waals surface area contributed by atoms with Gasteiger partial charge in [-0.2, -0.15) is 13.3 Å². The molecule has 0 bridgehead atoms. The van der Waals surface area contributed by atoms with Crippen LogP contribution in [0.25, 0.3) is 11.5 Å². The number of aromatic nitrogens is 1. The molecule has 4 nitrogen and oxygen atoms in total. The second-order valence-electron chi connectivity index (χ2n) is 7.00. The number of rotatable bonds is 8. The van der Waals surface area contributed by atoms with E-state index < -0.39 is 6.61 Å². The normalized spacial score (nSPS) is 11.8. The monoisotopic (exact) mass is 455 g/mol. The smallest absolute Gasteiger partial charge is 0.387 e. The molecule has 0 amide bonds. The fraction of sp³-hybridized carbons (Fsp3) is 0.200. The molecule has 0 saturated carbocycles. The van der Waals surface area contributed by atoms with Crippen molar-refractivity contribution in [3.05, 3.63) is 89.7 Å². The third-order valence-corrected chi connectivity index (χ3v) is 5.30. The van der Waals surface area contributed by atoms with Gasteiger partial charge in [-0.15, -0.1) is 0 Å². The molecule has 7 heteroatoms. The van der Waals surface area contributed by atoms with Crippen molar-refractivity contribution in [3.63, 3.8) is 0 Å². The average Bonchev–Trinajstić information content (AvgIpc) is 2.80. The molecule has 32 heavy (non-hydrogen) atoms. The van der Waals surface area contributed by atoms with Crippen LogP contribution in [0.2, 0.25) is 0 Å². The van der Waals surface area contributed by atoms with Crippen LogP contribution in [0.4, 0.5) is 14.5 Å². The highest BCUT2D eigenvalue weighted by molar-refractivity contribution is 7.81. The third-order valence-electron chi connectivity index (χ3n) is 5.00. The van der Waals surface area contributed by atoms with E-state index in [0.717, 1.165) is 29.7 Å². The minimum atomic E-state index is -2.91. The molecule has 2 aromatic carbocycles. The van der Waals surface area contributed by atoms with E-state index in [-0.39, 0.29) is 11.5 Å². The summed E-state index contributed by atoms with van der Waals surface area (Å²) in [5.41, 5.74) is 3.97. The van der Waals surface area contributed by atoms with Crippen molar-refractivity contribution in [1.82, 2.24) is 0 Å². The molecule has 0 aliphatic heterocycles. The fourth-order valence-corrected chi connectivity index (χ4v) is 3.71. The summed E-state index contributed by atoms with van der Waals surface area (Å²) >= 11 is 5.74. The van der Waals surface area contributed by atoms with Gasteiger partial charge in [0.1, 0.15) is 5.75 Å². The van der Waals surface area contributed by atoms with E-state index in [9.17, 15) is 13.9 Å². The fourth-order valence-electron chi connectivity index (χ4n) is 3.40. The van der Waals surface area contributed by atoms with E-state index in [1.807, 2.05) is 36.4 Å². The van der Waals surface area contributed by atoms with Gasteiger partial charge in [0, 0.05) is 23.4 Å². The van der Waals surface area contributed by atoms with Crippen molar-refractivity contribution in [3.8, 4) is 5.75 Å². The lowest BCUT2D eigenvalue weighted by atomic mass is 10.0. The summed E-state index contributed by atoms with van der Waals surface area (Å²) in [6, 6.07) is 17.4. The zero-order chi connectivity index (χ0) is 23.1. The van der Waals surface area contributed by atoms with Gasteiger partial charge in [-0.05, 0) is 48.2 Å². The Labute approximate surface area is 191 Å². The van der Waals surface area contributed by atoms with Gasteiger partial charge in [0.15, 0.2) is 23.1 Å². The minimum Gasteiger partial charge on any atom is -0.502 e. The van der Waals surface area contributed by atoms with Crippen LogP contribution in [-0.4, -0.2) is 16.7 Å². The SMILES string of the molecule is CCc1cccc(CC)c1NC(=S)/C(=C(\O)c1ccc(OC(F)F)cc1)[n+]1ccccc1. The number of aliphatic hydroxyl groups is 1. The number of nitrogens with one attached hydrogen (secondary N) is 1. The highest BCUT2D eigenvalue weighted by Crippen LogP contribution is 2.26. The number of hydrogen-bond donors (Lipinski definition) is 2. The first kappa shape index (κ1) is 23.3. The Balaban J connectivity index is 2.05. The number of alkyl halides is 2. The van der Waals surface area contributed by atoms with E-state index >= 15 is 0 Å². The number of thiocarbonyl (C=S) groups is 1. The maximum atomic E-state index is 12.5. The molecule has 3 aromatic rings. The van der Waals surface area contributed by atoms with Crippen molar-refractivity contribution >= 4 is 34.3 Å². The number of ether oxygens (including phenoxy) is 1. The summed E-state index contributed by atoms with van der Waals surface area (Å²) in [7, 11) is 0. The number of aliphatic hydroxyl groups excluding tert-OH is 1. The highest BCUT2D eigenvalue weighted by atomic mass is 32.1. The molecular weight excluding hydrogens is 430 g/mol. The lowest BCUT2D eigenvalue weighted by molar-refractivity contribution is -0.575. The molecule has 1 aromatic heterocycles. The number of nitrogens with zero attached hydrogens (tertiary/aromatic N) is 1. The zero-order valence-electron chi connectivity index (χ0n) is 17.9. The van der Waals surface area contributed by atoms with Crippen LogP contribution >= 0.6 is 12.2 Å².